The fraction of sp³-hybridized carbons (Fsp3) is 0.267. The van der Waals surface area contributed by atoms with Gasteiger partial charge in [-0.15, -0.1) is 5.10 Å². The van der Waals surface area contributed by atoms with Gasteiger partial charge in [0.1, 0.15) is 5.69 Å². The third-order valence-electron chi connectivity index (χ3n) is 4.10. The van der Waals surface area contributed by atoms with E-state index in [9.17, 15) is 4.79 Å². The molecule has 2 aliphatic rings. The van der Waals surface area contributed by atoms with Crippen molar-refractivity contribution in [2.75, 3.05) is 0 Å². The lowest BCUT2D eigenvalue weighted by atomic mass is 9.86. The zero-order valence-corrected chi connectivity index (χ0v) is 10.5. The first-order valence-corrected chi connectivity index (χ1v) is 6.56. The standard InChI is InChI=1S/C15H13N3O/c1-9-13-14(18(17-16-13)10-5-4-6-10)11-7-2-3-8-12(11)15(9)19/h2-3,7-8,10H,1,4-6H2. The molecule has 1 heterocycles. The van der Waals surface area contributed by atoms with Gasteiger partial charge in [0.25, 0.3) is 0 Å². The molecule has 0 saturated heterocycles. The number of allylic oxidation sites excluding steroid dienone is 1. The van der Waals surface area contributed by atoms with E-state index in [1.54, 1.807) is 0 Å². The molecule has 2 aromatic rings. The molecule has 0 bridgehead atoms. The number of nitrogens with zero attached hydrogens (tertiary/aromatic N) is 3. The first-order valence-electron chi connectivity index (χ1n) is 6.56. The summed E-state index contributed by atoms with van der Waals surface area (Å²) in [4.78, 5) is 12.3. The van der Waals surface area contributed by atoms with Crippen molar-refractivity contribution in [1.29, 1.82) is 0 Å². The molecule has 19 heavy (non-hydrogen) atoms. The minimum Gasteiger partial charge on any atom is -0.289 e. The Morgan fingerprint density at radius 2 is 1.95 bits per heavy atom. The van der Waals surface area contributed by atoms with E-state index in [1.807, 2.05) is 28.9 Å². The van der Waals surface area contributed by atoms with Crippen LogP contribution in [0.2, 0.25) is 0 Å². The Bertz CT molecular complexity index is 710. The third kappa shape index (κ3) is 1.31. The highest BCUT2D eigenvalue weighted by molar-refractivity contribution is 6.33. The molecule has 1 aromatic carbocycles. The molecule has 0 N–H and O–H groups in total. The van der Waals surface area contributed by atoms with Gasteiger partial charge in [-0.2, -0.15) is 0 Å². The smallest absolute Gasteiger partial charge is 0.195 e. The summed E-state index contributed by atoms with van der Waals surface area (Å²) in [6.07, 6.45) is 3.51. The predicted molar refractivity (Wildman–Crippen MR) is 71.7 cm³/mol. The number of hydrogen-bond donors (Lipinski definition) is 0. The van der Waals surface area contributed by atoms with E-state index in [0.29, 0.717) is 22.9 Å². The van der Waals surface area contributed by atoms with Crippen LogP contribution in [-0.4, -0.2) is 20.8 Å². The second kappa shape index (κ2) is 3.63. The molecule has 94 valence electrons. The van der Waals surface area contributed by atoms with Crippen LogP contribution in [0.3, 0.4) is 0 Å². The molecule has 4 heteroatoms. The topological polar surface area (TPSA) is 47.8 Å². The minimum absolute atomic E-state index is 0.0382. The summed E-state index contributed by atoms with van der Waals surface area (Å²) in [6.45, 7) is 3.89. The maximum Gasteiger partial charge on any atom is 0.195 e. The monoisotopic (exact) mass is 251 g/mol. The predicted octanol–water partition coefficient (Wildman–Crippen LogP) is 2.88. The van der Waals surface area contributed by atoms with Crippen molar-refractivity contribution in [3.8, 4) is 11.3 Å². The summed E-state index contributed by atoms with van der Waals surface area (Å²) in [5, 5.41) is 8.44. The van der Waals surface area contributed by atoms with E-state index in [-0.39, 0.29) is 5.78 Å². The van der Waals surface area contributed by atoms with E-state index < -0.39 is 0 Å². The number of carbonyl (C=O) groups is 1. The van der Waals surface area contributed by atoms with Crippen LogP contribution in [0.5, 0.6) is 0 Å². The van der Waals surface area contributed by atoms with Gasteiger partial charge < -0.3 is 0 Å². The lowest BCUT2D eigenvalue weighted by molar-refractivity contribution is 0.105. The van der Waals surface area contributed by atoms with Crippen molar-refractivity contribution in [2.45, 2.75) is 25.3 Å². The van der Waals surface area contributed by atoms with Crippen LogP contribution in [0.4, 0.5) is 0 Å². The largest absolute Gasteiger partial charge is 0.289 e. The number of benzene rings is 1. The maximum atomic E-state index is 12.3. The lowest BCUT2D eigenvalue weighted by Gasteiger charge is -2.28. The van der Waals surface area contributed by atoms with Crippen LogP contribution in [0.1, 0.15) is 41.4 Å². The molecule has 2 aliphatic carbocycles. The van der Waals surface area contributed by atoms with Crippen LogP contribution in [0.15, 0.2) is 30.8 Å². The Hall–Kier alpha value is -2.23. The van der Waals surface area contributed by atoms with Crippen molar-refractivity contribution in [1.82, 2.24) is 15.0 Å². The Morgan fingerprint density at radius 3 is 2.63 bits per heavy atom. The van der Waals surface area contributed by atoms with Gasteiger partial charge in [-0.05, 0) is 19.3 Å². The van der Waals surface area contributed by atoms with E-state index in [4.69, 9.17) is 0 Å². The average molecular weight is 251 g/mol. The molecule has 1 fully saturated rings. The number of rotatable bonds is 1. The van der Waals surface area contributed by atoms with Crippen LogP contribution in [0.25, 0.3) is 16.8 Å². The van der Waals surface area contributed by atoms with Crippen LogP contribution in [0, 0.1) is 0 Å². The number of hydrogen-bond acceptors (Lipinski definition) is 3. The average Bonchev–Trinajstić information content (AvgIpc) is 2.79. The number of carbonyl (C=O) groups excluding carboxylic acids is 1. The molecule has 0 amide bonds. The number of Topliss-reactive ketones (excluding diaryl/α,β-unsaturated/α-hetero) is 1. The van der Waals surface area contributed by atoms with Gasteiger partial charge in [-0.25, -0.2) is 4.68 Å². The van der Waals surface area contributed by atoms with Gasteiger partial charge in [0.2, 0.25) is 0 Å². The van der Waals surface area contributed by atoms with Crippen molar-refractivity contribution in [3.05, 3.63) is 42.1 Å². The maximum absolute atomic E-state index is 12.3. The van der Waals surface area contributed by atoms with Crippen molar-refractivity contribution in [2.24, 2.45) is 0 Å². The third-order valence-corrected chi connectivity index (χ3v) is 4.10. The van der Waals surface area contributed by atoms with E-state index in [2.05, 4.69) is 16.9 Å². The Balaban J connectivity index is 2.00. The van der Waals surface area contributed by atoms with Crippen molar-refractivity contribution < 1.29 is 4.79 Å². The van der Waals surface area contributed by atoms with Crippen LogP contribution in [-0.2, 0) is 0 Å². The highest BCUT2D eigenvalue weighted by Crippen LogP contribution is 2.41. The second-order valence-corrected chi connectivity index (χ2v) is 5.17. The summed E-state index contributed by atoms with van der Waals surface area (Å²) < 4.78 is 1.98. The van der Waals surface area contributed by atoms with Crippen molar-refractivity contribution in [3.63, 3.8) is 0 Å². The Morgan fingerprint density at radius 1 is 1.21 bits per heavy atom. The van der Waals surface area contributed by atoms with E-state index in [0.717, 1.165) is 24.1 Å². The normalized spacial score (nSPS) is 17.9. The first-order chi connectivity index (χ1) is 9.27. The SMILES string of the molecule is C=C1C(=O)c2ccccc2-c2c1nnn2C1CCC1. The van der Waals surface area contributed by atoms with Gasteiger partial charge >= 0.3 is 0 Å². The molecule has 1 aromatic heterocycles. The molecular weight excluding hydrogens is 238 g/mol. The van der Waals surface area contributed by atoms with E-state index in [1.165, 1.54) is 6.42 Å². The summed E-state index contributed by atoms with van der Waals surface area (Å²) >= 11 is 0. The molecule has 0 aliphatic heterocycles. The number of fused-ring (bicyclic) bond motifs is 3. The van der Waals surface area contributed by atoms with E-state index >= 15 is 0 Å². The van der Waals surface area contributed by atoms with Crippen LogP contribution >= 0.6 is 0 Å². The van der Waals surface area contributed by atoms with Gasteiger partial charge in [0, 0.05) is 16.7 Å². The molecule has 0 spiro atoms. The first kappa shape index (κ1) is 10.7. The van der Waals surface area contributed by atoms with Gasteiger partial charge in [-0.1, -0.05) is 36.1 Å². The number of aromatic nitrogens is 3. The lowest BCUT2D eigenvalue weighted by Crippen LogP contribution is -2.21. The Labute approximate surface area is 110 Å². The quantitative estimate of drug-likeness (QED) is 0.732. The van der Waals surface area contributed by atoms with Gasteiger partial charge in [0.15, 0.2) is 5.78 Å². The Kier molecular flexibility index (Phi) is 2.04. The highest BCUT2D eigenvalue weighted by atomic mass is 16.1. The van der Waals surface area contributed by atoms with Crippen LogP contribution < -0.4 is 0 Å². The molecule has 1 saturated carbocycles. The summed E-state index contributed by atoms with van der Waals surface area (Å²) in [5.41, 5.74) is 3.72. The molecule has 4 rings (SSSR count). The fourth-order valence-electron chi connectivity index (χ4n) is 2.79. The van der Waals surface area contributed by atoms with Gasteiger partial charge in [-0.3, -0.25) is 4.79 Å². The minimum atomic E-state index is -0.0382. The molecule has 0 radical (unpaired) electrons. The molecule has 0 atom stereocenters. The van der Waals surface area contributed by atoms with Gasteiger partial charge in [0.05, 0.1) is 11.7 Å². The summed E-state index contributed by atoms with van der Waals surface area (Å²) in [5.74, 6) is -0.0382. The summed E-state index contributed by atoms with van der Waals surface area (Å²) in [7, 11) is 0. The van der Waals surface area contributed by atoms with Crippen molar-refractivity contribution >= 4 is 11.4 Å². The number of ketones is 1. The molecular formula is C15H13N3O. The highest BCUT2D eigenvalue weighted by Gasteiger charge is 2.33. The fourth-order valence-corrected chi connectivity index (χ4v) is 2.79. The summed E-state index contributed by atoms with van der Waals surface area (Å²) in [6, 6.07) is 8.07. The zero-order valence-electron chi connectivity index (χ0n) is 10.5. The molecule has 0 unspecified atom stereocenters. The molecule has 4 nitrogen and oxygen atoms in total. The zero-order chi connectivity index (χ0) is 13.0. The second-order valence-electron chi connectivity index (χ2n) is 5.17.